The monoisotopic (exact) mass is 305 g/mol. The summed E-state index contributed by atoms with van der Waals surface area (Å²) < 4.78 is 13.9. The van der Waals surface area contributed by atoms with Gasteiger partial charge in [0.05, 0.1) is 11.4 Å². The fraction of sp³-hybridized carbons (Fsp3) is 0.375. The third-order valence-electron chi connectivity index (χ3n) is 3.71. The van der Waals surface area contributed by atoms with Gasteiger partial charge in [-0.25, -0.2) is 14.4 Å². The van der Waals surface area contributed by atoms with Crippen molar-refractivity contribution in [3.63, 3.8) is 0 Å². The van der Waals surface area contributed by atoms with Gasteiger partial charge in [0.15, 0.2) is 0 Å². The summed E-state index contributed by atoms with van der Waals surface area (Å²) in [5.74, 6) is 0.639. The van der Waals surface area contributed by atoms with Crippen LogP contribution in [0.4, 0.5) is 4.39 Å². The Morgan fingerprint density at radius 2 is 2.10 bits per heavy atom. The smallest absolute Gasteiger partial charge is 0.133 e. The molecule has 1 aliphatic rings. The highest BCUT2D eigenvalue weighted by atomic mass is 35.5. The molecular weight excluding hydrogens is 289 g/mol. The van der Waals surface area contributed by atoms with Crippen molar-refractivity contribution in [1.29, 1.82) is 0 Å². The largest absolute Gasteiger partial charge is 0.307 e. The molecule has 0 bridgehead atoms. The van der Waals surface area contributed by atoms with Gasteiger partial charge in [-0.2, -0.15) is 0 Å². The number of nitrogens with one attached hydrogen (secondary N) is 1. The molecule has 0 fully saturated rings. The number of halogens is 2. The van der Waals surface area contributed by atoms with Gasteiger partial charge >= 0.3 is 0 Å². The van der Waals surface area contributed by atoms with Gasteiger partial charge in [-0.15, -0.1) is 0 Å². The number of fused-ring (bicyclic) bond motifs is 1. The van der Waals surface area contributed by atoms with E-state index in [0.717, 1.165) is 24.5 Å². The highest BCUT2D eigenvalue weighted by Crippen LogP contribution is 2.26. The summed E-state index contributed by atoms with van der Waals surface area (Å²) in [6, 6.07) is 4.71. The standard InChI is InChI=1S/C16H17ClFN3/c1-9(2)16-11-7-19-8-14(11)20-15(21-16)6-10-12(17)4-3-5-13(10)18/h3-5,9,19H,6-8H2,1-2H3. The summed E-state index contributed by atoms with van der Waals surface area (Å²) in [6.45, 7) is 5.78. The van der Waals surface area contributed by atoms with Crippen LogP contribution >= 0.6 is 11.6 Å². The number of aromatic nitrogens is 2. The normalized spacial score (nSPS) is 13.8. The number of nitrogens with zero attached hydrogens (tertiary/aromatic N) is 2. The molecule has 5 heteroatoms. The van der Waals surface area contributed by atoms with Gasteiger partial charge in [-0.3, -0.25) is 0 Å². The lowest BCUT2D eigenvalue weighted by atomic mass is 10.0. The second-order valence-corrected chi connectivity index (χ2v) is 5.99. The van der Waals surface area contributed by atoms with Gasteiger partial charge in [-0.05, 0) is 18.1 Å². The molecule has 0 radical (unpaired) electrons. The molecule has 3 nitrogen and oxygen atoms in total. The van der Waals surface area contributed by atoms with Crippen LogP contribution in [0.25, 0.3) is 0 Å². The van der Waals surface area contributed by atoms with Crippen molar-refractivity contribution in [2.45, 2.75) is 39.3 Å². The molecule has 0 amide bonds. The molecule has 1 N–H and O–H groups in total. The molecule has 2 heterocycles. The van der Waals surface area contributed by atoms with Crippen molar-refractivity contribution >= 4 is 11.6 Å². The summed E-state index contributed by atoms with van der Waals surface area (Å²) >= 11 is 6.09. The molecular formula is C16H17ClFN3. The van der Waals surface area contributed by atoms with E-state index in [9.17, 15) is 4.39 Å². The van der Waals surface area contributed by atoms with Crippen molar-refractivity contribution in [2.75, 3.05) is 0 Å². The van der Waals surface area contributed by atoms with E-state index in [1.54, 1.807) is 12.1 Å². The Morgan fingerprint density at radius 1 is 1.29 bits per heavy atom. The van der Waals surface area contributed by atoms with Crippen molar-refractivity contribution < 1.29 is 4.39 Å². The first-order valence-electron chi connectivity index (χ1n) is 7.08. The zero-order chi connectivity index (χ0) is 15.0. The molecule has 1 aromatic carbocycles. The van der Waals surface area contributed by atoms with Crippen molar-refractivity contribution in [3.8, 4) is 0 Å². The van der Waals surface area contributed by atoms with Gasteiger partial charge < -0.3 is 5.32 Å². The quantitative estimate of drug-likeness (QED) is 0.942. The first kappa shape index (κ1) is 14.4. The zero-order valence-corrected chi connectivity index (χ0v) is 12.8. The minimum Gasteiger partial charge on any atom is -0.307 e. The lowest BCUT2D eigenvalue weighted by molar-refractivity contribution is 0.611. The molecule has 0 saturated carbocycles. The van der Waals surface area contributed by atoms with E-state index >= 15 is 0 Å². The molecule has 1 aromatic heterocycles. The minimum atomic E-state index is -0.309. The van der Waals surface area contributed by atoms with Crippen LogP contribution in [0, 0.1) is 5.82 Å². The highest BCUT2D eigenvalue weighted by molar-refractivity contribution is 6.31. The Hall–Kier alpha value is -1.52. The summed E-state index contributed by atoms with van der Waals surface area (Å²) in [5, 5.41) is 3.71. The van der Waals surface area contributed by atoms with Gasteiger partial charge in [0.25, 0.3) is 0 Å². The van der Waals surface area contributed by atoms with Gasteiger partial charge in [0.1, 0.15) is 11.6 Å². The van der Waals surface area contributed by atoms with Crippen LogP contribution in [0.5, 0.6) is 0 Å². The molecule has 0 spiro atoms. The fourth-order valence-corrected chi connectivity index (χ4v) is 2.89. The van der Waals surface area contributed by atoms with Crippen LogP contribution in [0.15, 0.2) is 18.2 Å². The highest BCUT2D eigenvalue weighted by Gasteiger charge is 2.21. The maximum atomic E-state index is 13.9. The molecule has 0 unspecified atom stereocenters. The summed E-state index contributed by atoms with van der Waals surface area (Å²) in [7, 11) is 0. The maximum Gasteiger partial charge on any atom is 0.133 e. The van der Waals surface area contributed by atoms with Gasteiger partial charge in [0, 0.05) is 35.7 Å². The van der Waals surface area contributed by atoms with E-state index in [4.69, 9.17) is 11.6 Å². The van der Waals surface area contributed by atoms with Crippen molar-refractivity contribution in [1.82, 2.24) is 15.3 Å². The van der Waals surface area contributed by atoms with E-state index in [1.807, 2.05) is 0 Å². The predicted octanol–water partition coefficient (Wildman–Crippen LogP) is 3.59. The van der Waals surface area contributed by atoms with Crippen LogP contribution < -0.4 is 5.32 Å². The fourth-order valence-electron chi connectivity index (χ4n) is 2.66. The summed E-state index contributed by atoms with van der Waals surface area (Å²) in [6.07, 6.45) is 0.318. The average Bonchev–Trinajstić information content (AvgIpc) is 2.90. The Balaban J connectivity index is 2.02. The second-order valence-electron chi connectivity index (χ2n) is 5.59. The topological polar surface area (TPSA) is 37.8 Å². The Morgan fingerprint density at radius 3 is 2.81 bits per heavy atom. The molecule has 0 atom stereocenters. The van der Waals surface area contributed by atoms with Gasteiger partial charge in [-0.1, -0.05) is 31.5 Å². The van der Waals surface area contributed by atoms with Crippen molar-refractivity contribution in [3.05, 3.63) is 57.4 Å². The van der Waals surface area contributed by atoms with Crippen LogP contribution in [0.1, 0.15) is 48.1 Å². The van der Waals surface area contributed by atoms with E-state index in [2.05, 4.69) is 29.1 Å². The van der Waals surface area contributed by atoms with E-state index in [1.165, 1.54) is 11.6 Å². The molecule has 2 aromatic rings. The number of benzene rings is 1. The number of hydrogen-bond acceptors (Lipinski definition) is 3. The first-order valence-corrected chi connectivity index (χ1v) is 7.46. The predicted molar refractivity (Wildman–Crippen MR) is 80.9 cm³/mol. The molecule has 0 saturated heterocycles. The first-order chi connectivity index (χ1) is 10.1. The molecule has 21 heavy (non-hydrogen) atoms. The second kappa shape index (κ2) is 5.70. The lowest BCUT2D eigenvalue weighted by Gasteiger charge is -2.13. The van der Waals surface area contributed by atoms with E-state index in [0.29, 0.717) is 28.7 Å². The number of hydrogen-bond donors (Lipinski definition) is 1. The molecule has 110 valence electrons. The Bertz CT molecular complexity index is 665. The SMILES string of the molecule is CC(C)c1nc(Cc2c(F)cccc2Cl)nc2c1CNC2. The van der Waals surface area contributed by atoms with Crippen LogP contribution in [-0.2, 0) is 19.5 Å². The van der Waals surface area contributed by atoms with E-state index < -0.39 is 0 Å². The molecule has 1 aliphatic heterocycles. The third-order valence-corrected chi connectivity index (χ3v) is 4.06. The third kappa shape index (κ3) is 2.78. The molecule has 3 rings (SSSR count). The van der Waals surface area contributed by atoms with Crippen molar-refractivity contribution in [2.24, 2.45) is 0 Å². The Labute approximate surface area is 128 Å². The molecule has 0 aliphatic carbocycles. The van der Waals surface area contributed by atoms with Gasteiger partial charge in [0.2, 0.25) is 0 Å². The maximum absolute atomic E-state index is 13.9. The van der Waals surface area contributed by atoms with Crippen LogP contribution in [-0.4, -0.2) is 9.97 Å². The number of rotatable bonds is 3. The van der Waals surface area contributed by atoms with Crippen LogP contribution in [0.3, 0.4) is 0 Å². The van der Waals surface area contributed by atoms with Crippen LogP contribution in [0.2, 0.25) is 5.02 Å². The Kier molecular flexibility index (Phi) is 3.91. The lowest BCUT2D eigenvalue weighted by Crippen LogP contribution is -2.09. The summed E-state index contributed by atoms with van der Waals surface area (Å²) in [5.41, 5.74) is 3.72. The zero-order valence-electron chi connectivity index (χ0n) is 12.1. The summed E-state index contributed by atoms with van der Waals surface area (Å²) in [4.78, 5) is 9.22. The average molecular weight is 306 g/mol. The van der Waals surface area contributed by atoms with E-state index in [-0.39, 0.29) is 5.82 Å². The minimum absolute atomic E-state index is 0.309.